The summed E-state index contributed by atoms with van der Waals surface area (Å²) in [5.41, 5.74) is 1.18. The van der Waals surface area contributed by atoms with E-state index in [0.717, 1.165) is 5.69 Å². The Hall–Kier alpha value is -1.59. The Labute approximate surface area is 79.4 Å². The molecule has 0 bridgehead atoms. The molecule has 4 nitrogen and oxygen atoms in total. The van der Waals surface area contributed by atoms with Crippen molar-refractivity contribution in [3.63, 3.8) is 0 Å². The van der Waals surface area contributed by atoms with E-state index in [2.05, 4.69) is 9.97 Å². The van der Waals surface area contributed by atoms with Crippen LogP contribution in [0.15, 0.2) is 12.4 Å². The zero-order chi connectivity index (χ0) is 10.6. The van der Waals surface area contributed by atoms with E-state index in [1.807, 2.05) is 5.32 Å². The van der Waals surface area contributed by atoms with Crippen LogP contribution in [0.4, 0.5) is 8.78 Å². The van der Waals surface area contributed by atoms with E-state index in [-0.39, 0.29) is 6.54 Å². The smallest absolute Gasteiger partial charge is 0.315 e. The number of carbonyl (C=O) groups is 1. The predicted octanol–water partition coefficient (Wildman–Crippen LogP) is 0.666. The molecule has 0 spiro atoms. The highest BCUT2D eigenvalue weighted by Crippen LogP contribution is 1.95. The number of alkyl halides is 2. The van der Waals surface area contributed by atoms with E-state index < -0.39 is 12.3 Å². The second-order valence-electron chi connectivity index (χ2n) is 2.67. The first-order valence-corrected chi connectivity index (χ1v) is 3.93. The van der Waals surface area contributed by atoms with Crippen molar-refractivity contribution in [3.8, 4) is 0 Å². The number of aryl methyl sites for hydroxylation is 1. The fourth-order valence-corrected chi connectivity index (χ4v) is 0.765. The normalized spacial score (nSPS) is 10.3. The minimum Gasteiger partial charge on any atom is -0.345 e. The maximum absolute atomic E-state index is 11.7. The van der Waals surface area contributed by atoms with Crippen LogP contribution in [0.5, 0.6) is 0 Å². The third-order valence-corrected chi connectivity index (χ3v) is 1.48. The molecule has 0 saturated heterocycles. The molecular weight excluding hydrogens is 192 g/mol. The molecule has 0 fully saturated rings. The second-order valence-corrected chi connectivity index (χ2v) is 2.67. The molecule has 1 heterocycles. The largest absolute Gasteiger partial charge is 0.345 e. The topological polar surface area (TPSA) is 54.9 Å². The van der Waals surface area contributed by atoms with Gasteiger partial charge in [0.2, 0.25) is 0 Å². The van der Waals surface area contributed by atoms with E-state index in [4.69, 9.17) is 0 Å². The summed E-state index contributed by atoms with van der Waals surface area (Å²) >= 11 is 0. The molecule has 6 heteroatoms. The molecule has 1 aromatic rings. The van der Waals surface area contributed by atoms with Gasteiger partial charge in [-0.3, -0.25) is 14.8 Å². The van der Waals surface area contributed by atoms with Crippen molar-refractivity contribution in [1.82, 2.24) is 15.3 Å². The highest BCUT2D eigenvalue weighted by Gasteiger charge is 2.14. The van der Waals surface area contributed by atoms with Gasteiger partial charge in [0.15, 0.2) is 0 Å². The summed E-state index contributed by atoms with van der Waals surface area (Å²) in [6, 6.07) is 0. The average molecular weight is 201 g/mol. The van der Waals surface area contributed by atoms with Crippen LogP contribution in [0.1, 0.15) is 11.4 Å². The number of nitrogens with zero attached hydrogens (tertiary/aromatic N) is 2. The van der Waals surface area contributed by atoms with Gasteiger partial charge in [-0.05, 0) is 6.92 Å². The van der Waals surface area contributed by atoms with Crippen molar-refractivity contribution in [2.75, 3.05) is 0 Å². The van der Waals surface area contributed by atoms with Crippen LogP contribution in [-0.4, -0.2) is 22.3 Å². The lowest BCUT2D eigenvalue weighted by Crippen LogP contribution is -2.29. The fourth-order valence-electron chi connectivity index (χ4n) is 0.765. The Morgan fingerprint density at radius 3 is 2.71 bits per heavy atom. The summed E-state index contributed by atoms with van der Waals surface area (Å²) in [6.07, 6.45) is -0.0568. The Bertz CT molecular complexity index is 313. The van der Waals surface area contributed by atoms with Gasteiger partial charge in [-0.15, -0.1) is 0 Å². The number of halogens is 2. The molecular formula is C8H9F2N3O. The van der Waals surface area contributed by atoms with Gasteiger partial charge >= 0.3 is 6.43 Å². The standard InChI is InChI=1S/C8H9F2N3O/c1-5-2-12-6(3-11-5)4-13-8(14)7(9)10/h2-3,7H,4H2,1H3,(H,13,14). The number of amides is 1. The maximum atomic E-state index is 11.7. The van der Waals surface area contributed by atoms with Crippen molar-refractivity contribution in [1.29, 1.82) is 0 Å². The number of nitrogens with one attached hydrogen (secondary N) is 1. The average Bonchev–Trinajstić information content (AvgIpc) is 2.16. The van der Waals surface area contributed by atoms with Gasteiger partial charge in [-0.25, -0.2) is 0 Å². The van der Waals surface area contributed by atoms with Gasteiger partial charge in [0.25, 0.3) is 5.91 Å². The van der Waals surface area contributed by atoms with E-state index in [0.29, 0.717) is 5.69 Å². The van der Waals surface area contributed by atoms with Gasteiger partial charge in [0.1, 0.15) is 0 Å². The third-order valence-electron chi connectivity index (χ3n) is 1.48. The summed E-state index contributed by atoms with van der Waals surface area (Å²) in [7, 11) is 0. The summed E-state index contributed by atoms with van der Waals surface area (Å²) in [4.78, 5) is 18.3. The van der Waals surface area contributed by atoms with Crippen molar-refractivity contribution >= 4 is 5.91 Å². The molecule has 0 saturated carbocycles. The van der Waals surface area contributed by atoms with Crippen LogP contribution < -0.4 is 5.32 Å². The molecule has 0 aliphatic heterocycles. The molecule has 1 amide bonds. The first-order chi connectivity index (χ1) is 6.59. The van der Waals surface area contributed by atoms with Crippen LogP contribution in [0.3, 0.4) is 0 Å². The summed E-state index contributed by atoms with van der Waals surface area (Å²) in [5.74, 6) is -1.30. The Morgan fingerprint density at radius 1 is 1.50 bits per heavy atom. The number of hydrogen-bond donors (Lipinski definition) is 1. The third kappa shape index (κ3) is 3.04. The van der Waals surface area contributed by atoms with E-state index in [1.165, 1.54) is 12.4 Å². The zero-order valence-electron chi connectivity index (χ0n) is 7.50. The first kappa shape index (κ1) is 10.5. The van der Waals surface area contributed by atoms with E-state index in [9.17, 15) is 13.6 Å². The van der Waals surface area contributed by atoms with Crippen LogP contribution in [0, 0.1) is 6.92 Å². The molecule has 14 heavy (non-hydrogen) atoms. The first-order valence-electron chi connectivity index (χ1n) is 3.93. The molecule has 0 aliphatic carbocycles. The monoisotopic (exact) mass is 201 g/mol. The van der Waals surface area contributed by atoms with Crippen LogP contribution in [0.25, 0.3) is 0 Å². The van der Waals surface area contributed by atoms with Gasteiger partial charge in [0, 0.05) is 6.20 Å². The molecule has 1 rings (SSSR count). The van der Waals surface area contributed by atoms with Crippen molar-refractivity contribution in [2.24, 2.45) is 0 Å². The number of hydrogen-bond acceptors (Lipinski definition) is 3. The van der Waals surface area contributed by atoms with Gasteiger partial charge < -0.3 is 5.32 Å². The predicted molar refractivity (Wildman–Crippen MR) is 44.6 cm³/mol. The summed E-state index contributed by atoms with van der Waals surface area (Å²) < 4.78 is 23.5. The highest BCUT2D eigenvalue weighted by molar-refractivity contribution is 5.78. The minimum absolute atomic E-state index is 0.0313. The van der Waals surface area contributed by atoms with Crippen LogP contribution in [0.2, 0.25) is 0 Å². The molecule has 1 N–H and O–H groups in total. The number of aromatic nitrogens is 2. The highest BCUT2D eigenvalue weighted by atomic mass is 19.3. The van der Waals surface area contributed by atoms with Gasteiger partial charge in [-0.2, -0.15) is 8.78 Å². The van der Waals surface area contributed by atoms with E-state index in [1.54, 1.807) is 6.92 Å². The maximum Gasteiger partial charge on any atom is 0.315 e. The quantitative estimate of drug-likeness (QED) is 0.781. The van der Waals surface area contributed by atoms with Crippen LogP contribution >= 0.6 is 0 Å². The molecule has 0 aromatic carbocycles. The Morgan fingerprint density at radius 2 is 2.21 bits per heavy atom. The minimum atomic E-state index is -2.99. The van der Waals surface area contributed by atoms with Crippen LogP contribution in [-0.2, 0) is 11.3 Å². The summed E-state index contributed by atoms with van der Waals surface area (Å²) in [5, 5.41) is 2.03. The van der Waals surface area contributed by atoms with E-state index >= 15 is 0 Å². The Balaban J connectivity index is 2.46. The van der Waals surface area contributed by atoms with Crippen molar-refractivity contribution in [2.45, 2.75) is 19.9 Å². The summed E-state index contributed by atoms with van der Waals surface area (Å²) in [6.45, 7) is 1.73. The SMILES string of the molecule is Cc1cnc(CNC(=O)C(F)F)cn1. The number of carbonyl (C=O) groups excluding carboxylic acids is 1. The molecule has 0 aliphatic rings. The zero-order valence-corrected chi connectivity index (χ0v) is 7.50. The molecule has 76 valence electrons. The molecule has 1 aromatic heterocycles. The van der Waals surface area contributed by atoms with Crippen molar-refractivity contribution in [3.05, 3.63) is 23.8 Å². The molecule has 0 unspecified atom stereocenters. The van der Waals surface area contributed by atoms with Gasteiger partial charge in [-0.1, -0.05) is 0 Å². The molecule has 0 atom stereocenters. The lowest BCUT2D eigenvalue weighted by atomic mass is 10.4. The second kappa shape index (κ2) is 4.59. The fraction of sp³-hybridized carbons (Fsp3) is 0.375. The van der Waals surface area contributed by atoms with Crippen molar-refractivity contribution < 1.29 is 13.6 Å². The lowest BCUT2D eigenvalue weighted by Gasteiger charge is -2.03. The lowest BCUT2D eigenvalue weighted by molar-refractivity contribution is -0.131. The molecule has 0 radical (unpaired) electrons. The number of rotatable bonds is 3. The Kier molecular flexibility index (Phi) is 3.44. The van der Waals surface area contributed by atoms with Gasteiger partial charge in [0.05, 0.1) is 24.1 Å².